The number of hydrogen-bond donors (Lipinski definition) is 1. The highest BCUT2D eigenvalue weighted by Crippen LogP contribution is 2.22. The summed E-state index contributed by atoms with van der Waals surface area (Å²) in [4.78, 5) is 30.4. The Balaban J connectivity index is 1.53. The van der Waals surface area contributed by atoms with Gasteiger partial charge in [0, 0.05) is 38.3 Å². The summed E-state index contributed by atoms with van der Waals surface area (Å²) in [6.45, 7) is 14.8. The maximum absolute atomic E-state index is 13.2. The Labute approximate surface area is 187 Å². The number of aryl methyl sites for hydroxylation is 1. The van der Waals surface area contributed by atoms with Gasteiger partial charge < -0.3 is 15.0 Å². The van der Waals surface area contributed by atoms with Crippen molar-refractivity contribution in [2.24, 2.45) is 11.8 Å². The molecule has 3 rings (SSSR count). The molecular formula is C25H39N3O3. The van der Waals surface area contributed by atoms with Gasteiger partial charge in [-0.2, -0.15) is 0 Å². The van der Waals surface area contributed by atoms with E-state index >= 15 is 0 Å². The second-order valence-corrected chi connectivity index (χ2v) is 9.81. The number of benzene rings is 1. The van der Waals surface area contributed by atoms with Crippen molar-refractivity contribution in [1.82, 2.24) is 15.1 Å². The number of nitrogens with zero attached hydrogens (tertiary/aromatic N) is 2. The number of piperidine rings is 1. The first-order valence-electron chi connectivity index (χ1n) is 11.8. The van der Waals surface area contributed by atoms with Crippen molar-refractivity contribution >= 4 is 11.8 Å². The van der Waals surface area contributed by atoms with Gasteiger partial charge in [0.2, 0.25) is 5.91 Å². The fourth-order valence-electron chi connectivity index (χ4n) is 4.86. The molecule has 31 heavy (non-hydrogen) atoms. The minimum Gasteiger partial charge on any atom is -0.373 e. The maximum atomic E-state index is 13.2. The van der Waals surface area contributed by atoms with Gasteiger partial charge in [-0.1, -0.05) is 31.5 Å². The number of amides is 2. The van der Waals surface area contributed by atoms with Gasteiger partial charge in [-0.05, 0) is 57.6 Å². The molecule has 6 nitrogen and oxygen atoms in total. The number of likely N-dealkylation sites (tertiary alicyclic amines) is 1. The van der Waals surface area contributed by atoms with Crippen LogP contribution in [0.5, 0.6) is 0 Å². The van der Waals surface area contributed by atoms with Crippen LogP contribution in [0.4, 0.5) is 0 Å². The number of nitrogens with one attached hydrogen (secondary N) is 1. The van der Waals surface area contributed by atoms with Gasteiger partial charge in [-0.15, -0.1) is 0 Å². The highest BCUT2D eigenvalue weighted by Gasteiger charge is 2.32. The van der Waals surface area contributed by atoms with E-state index in [0.29, 0.717) is 11.5 Å². The lowest BCUT2D eigenvalue weighted by Crippen LogP contribution is -2.54. The molecule has 0 aliphatic carbocycles. The summed E-state index contributed by atoms with van der Waals surface area (Å²) in [6.07, 6.45) is 2.61. The molecule has 1 aromatic rings. The second kappa shape index (κ2) is 10.6. The van der Waals surface area contributed by atoms with E-state index in [4.69, 9.17) is 4.74 Å². The second-order valence-electron chi connectivity index (χ2n) is 9.81. The van der Waals surface area contributed by atoms with E-state index < -0.39 is 6.04 Å². The molecule has 2 fully saturated rings. The Morgan fingerprint density at radius 3 is 2.35 bits per heavy atom. The third-order valence-corrected chi connectivity index (χ3v) is 6.44. The summed E-state index contributed by atoms with van der Waals surface area (Å²) < 4.78 is 5.84. The first-order valence-corrected chi connectivity index (χ1v) is 11.8. The zero-order valence-corrected chi connectivity index (χ0v) is 19.8. The molecule has 2 amide bonds. The molecule has 2 aliphatic heterocycles. The van der Waals surface area contributed by atoms with Crippen molar-refractivity contribution in [2.45, 2.75) is 65.7 Å². The Bertz CT molecular complexity index is 748. The number of rotatable bonds is 6. The Morgan fingerprint density at radius 2 is 1.77 bits per heavy atom. The molecule has 3 atom stereocenters. The van der Waals surface area contributed by atoms with Gasteiger partial charge in [-0.25, -0.2) is 0 Å². The lowest BCUT2D eigenvalue weighted by Gasteiger charge is -2.40. The fraction of sp³-hybridized carbons (Fsp3) is 0.680. The van der Waals surface area contributed by atoms with Crippen molar-refractivity contribution in [3.05, 3.63) is 35.4 Å². The van der Waals surface area contributed by atoms with Crippen molar-refractivity contribution in [3.8, 4) is 0 Å². The standard InChI is InChI=1S/C25H39N3O3/c1-17(2)23(26-24(29)22-8-6-7-18(3)13-22)25(30)28-11-9-21(10-12-28)16-27-14-19(4)31-20(5)15-27/h6-8,13,17,19-21,23H,9-12,14-16H2,1-5H3,(H,26,29). The van der Waals surface area contributed by atoms with E-state index in [1.54, 1.807) is 6.07 Å². The maximum Gasteiger partial charge on any atom is 0.251 e. The number of carbonyl (C=O) groups excluding carboxylic acids is 2. The Morgan fingerprint density at radius 1 is 1.13 bits per heavy atom. The molecule has 0 radical (unpaired) electrons. The van der Waals surface area contributed by atoms with Crippen LogP contribution in [-0.4, -0.2) is 72.6 Å². The zero-order chi connectivity index (χ0) is 22.5. The van der Waals surface area contributed by atoms with E-state index in [9.17, 15) is 9.59 Å². The third-order valence-electron chi connectivity index (χ3n) is 6.44. The zero-order valence-electron chi connectivity index (χ0n) is 19.8. The normalized spacial score (nSPS) is 24.3. The summed E-state index contributed by atoms with van der Waals surface area (Å²) >= 11 is 0. The lowest BCUT2D eigenvalue weighted by molar-refractivity contribution is -0.136. The quantitative estimate of drug-likeness (QED) is 0.755. The van der Waals surface area contributed by atoms with Crippen LogP contribution in [-0.2, 0) is 9.53 Å². The van der Waals surface area contributed by atoms with Crippen LogP contribution in [0.2, 0.25) is 0 Å². The third kappa shape index (κ3) is 6.53. The van der Waals surface area contributed by atoms with Crippen molar-refractivity contribution in [3.63, 3.8) is 0 Å². The van der Waals surface area contributed by atoms with E-state index in [0.717, 1.165) is 51.1 Å². The fourth-order valence-corrected chi connectivity index (χ4v) is 4.86. The topological polar surface area (TPSA) is 61.9 Å². The van der Waals surface area contributed by atoms with Crippen LogP contribution in [0.15, 0.2) is 24.3 Å². The molecular weight excluding hydrogens is 390 g/mol. The van der Waals surface area contributed by atoms with E-state index in [-0.39, 0.29) is 29.9 Å². The molecule has 0 spiro atoms. The average Bonchev–Trinajstić information content (AvgIpc) is 2.71. The summed E-state index contributed by atoms with van der Waals surface area (Å²) in [5.41, 5.74) is 1.64. The Hall–Kier alpha value is -1.92. The molecule has 1 aromatic carbocycles. The number of carbonyl (C=O) groups is 2. The molecule has 1 N–H and O–H groups in total. The number of morpholine rings is 1. The van der Waals surface area contributed by atoms with Gasteiger partial charge in [0.15, 0.2) is 0 Å². The summed E-state index contributed by atoms with van der Waals surface area (Å²) in [5, 5.41) is 2.99. The number of hydrogen-bond acceptors (Lipinski definition) is 4. The van der Waals surface area contributed by atoms with Crippen LogP contribution < -0.4 is 5.32 Å². The summed E-state index contributed by atoms with van der Waals surface area (Å²) in [7, 11) is 0. The molecule has 2 saturated heterocycles. The highest BCUT2D eigenvalue weighted by atomic mass is 16.5. The van der Waals surface area contributed by atoms with Gasteiger partial charge in [0.25, 0.3) is 5.91 Å². The summed E-state index contributed by atoms with van der Waals surface area (Å²) in [5.74, 6) is 0.514. The minimum absolute atomic E-state index is 0.0373. The monoisotopic (exact) mass is 429 g/mol. The van der Waals surface area contributed by atoms with Gasteiger partial charge in [0.05, 0.1) is 12.2 Å². The molecule has 0 saturated carbocycles. The molecule has 6 heteroatoms. The highest BCUT2D eigenvalue weighted by molar-refractivity contribution is 5.97. The van der Waals surface area contributed by atoms with E-state index in [1.165, 1.54) is 0 Å². The molecule has 0 bridgehead atoms. The van der Waals surface area contributed by atoms with Gasteiger partial charge >= 0.3 is 0 Å². The van der Waals surface area contributed by atoms with Crippen LogP contribution in [0, 0.1) is 18.8 Å². The lowest BCUT2D eigenvalue weighted by atomic mass is 9.94. The van der Waals surface area contributed by atoms with Crippen molar-refractivity contribution < 1.29 is 14.3 Å². The molecule has 2 aliphatic rings. The molecule has 0 aromatic heterocycles. The minimum atomic E-state index is -0.495. The van der Waals surface area contributed by atoms with Crippen LogP contribution in [0.1, 0.15) is 56.5 Å². The first kappa shape index (κ1) is 23.7. The predicted molar refractivity (Wildman–Crippen MR) is 123 cm³/mol. The Kier molecular flexibility index (Phi) is 8.11. The van der Waals surface area contributed by atoms with Gasteiger partial charge in [-0.3, -0.25) is 14.5 Å². The van der Waals surface area contributed by atoms with Crippen molar-refractivity contribution in [1.29, 1.82) is 0 Å². The first-order chi connectivity index (χ1) is 14.7. The largest absolute Gasteiger partial charge is 0.373 e. The van der Waals surface area contributed by atoms with E-state index in [1.807, 2.05) is 43.9 Å². The summed E-state index contributed by atoms with van der Waals surface area (Å²) in [6, 6.07) is 6.99. The van der Waals surface area contributed by atoms with Crippen molar-refractivity contribution in [2.75, 3.05) is 32.7 Å². The molecule has 2 heterocycles. The SMILES string of the molecule is Cc1cccc(C(=O)NC(C(=O)N2CCC(CN3CC(C)OC(C)C3)CC2)C(C)C)c1. The van der Waals surface area contributed by atoms with Crippen LogP contribution in [0.3, 0.4) is 0 Å². The molecule has 3 unspecified atom stereocenters. The van der Waals surface area contributed by atoms with E-state index in [2.05, 4.69) is 24.1 Å². The molecule has 172 valence electrons. The van der Waals surface area contributed by atoms with Gasteiger partial charge in [0.1, 0.15) is 6.04 Å². The predicted octanol–water partition coefficient (Wildman–Crippen LogP) is 3.10. The number of ether oxygens (including phenoxy) is 1. The van der Waals surface area contributed by atoms with Crippen LogP contribution in [0.25, 0.3) is 0 Å². The van der Waals surface area contributed by atoms with Crippen LogP contribution >= 0.6 is 0 Å². The average molecular weight is 430 g/mol. The smallest absolute Gasteiger partial charge is 0.251 e.